The Balaban J connectivity index is 1.63. The zero-order valence-corrected chi connectivity index (χ0v) is 17.5. The molecule has 1 aromatic heterocycles. The number of hydrogen-bond acceptors (Lipinski definition) is 4. The highest BCUT2D eigenvalue weighted by molar-refractivity contribution is 5.79. The summed E-state index contributed by atoms with van der Waals surface area (Å²) in [4.78, 5) is 16.0. The first-order valence-corrected chi connectivity index (χ1v) is 9.77. The van der Waals surface area contributed by atoms with Crippen molar-refractivity contribution in [2.24, 2.45) is 7.05 Å². The molecule has 0 aliphatic rings. The SMILES string of the molecule is [C-]#[N+]c1cc(OCc2c(C)cccc2-n2nnn(C)c2=O)ccc1-c1ccc(C)cc1. The predicted octanol–water partition coefficient (Wildman–Crippen LogP) is 4.38. The number of benzene rings is 3. The van der Waals surface area contributed by atoms with Crippen molar-refractivity contribution in [1.82, 2.24) is 19.8 Å². The largest absolute Gasteiger partial charge is 0.490 e. The van der Waals surface area contributed by atoms with Gasteiger partial charge in [0.2, 0.25) is 0 Å². The molecule has 7 heteroatoms. The first-order chi connectivity index (χ1) is 15.0. The van der Waals surface area contributed by atoms with Crippen LogP contribution in [-0.2, 0) is 13.7 Å². The Morgan fingerprint density at radius 3 is 2.48 bits per heavy atom. The van der Waals surface area contributed by atoms with E-state index in [1.54, 1.807) is 13.1 Å². The Kier molecular flexibility index (Phi) is 5.37. The molecule has 3 aromatic carbocycles. The molecule has 1 heterocycles. The van der Waals surface area contributed by atoms with Gasteiger partial charge in [0, 0.05) is 12.6 Å². The second-order valence-corrected chi connectivity index (χ2v) is 7.31. The van der Waals surface area contributed by atoms with E-state index in [0.29, 0.717) is 17.1 Å². The zero-order chi connectivity index (χ0) is 22.0. The third kappa shape index (κ3) is 3.96. The molecule has 31 heavy (non-hydrogen) atoms. The second-order valence-electron chi connectivity index (χ2n) is 7.31. The van der Waals surface area contributed by atoms with E-state index >= 15 is 0 Å². The van der Waals surface area contributed by atoms with Crippen LogP contribution in [0.2, 0.25) is 0 Å². The van der Waals surface area contributed by atoms with Gasteiger partial charge in [-0.3, -0.25) is 0 Å². The molecule has 0 fully saturated rings. The van der Waals surface area contributed by atoms with E-state index in [0.717, 1.165) is 22.3 Å². The number of tetrazole rings is 1. The summed E-state index contributed by atoms with van der Waals surface area (Å²) in [5.41, 5.74) is 5.65. The molecule has 0 N–H and O–H groups in total. The van der Waals surface area contributed by atoms with Gasteiger partial charge in [0.05, 0.1) is 12.3 Å². The quantitative estimate of drug-likeness (QED) is 0.457. The molecule has 0 unspecified atom stereocenters. The molecule has 0 atom stereocenters. The van der Waals surface area contributed by atoms with Gasteiger partial charge in [0.25, 0.3) is 0 Å². The summed E-state index contributed by atoms with van der Waals surface area (Å²) in [6, 6.07) is 19.2. The van der Waals surface area contributed by atoms with E-state index in [-0.39, 0.29) is 12.3 Å². The molecule has 0 saturated carbocycles. The molecule has 0 aliphatic heterocycles. The number of hydrogen-bond donors (Lipinski definition) is 0. The first kappa shape index (κ1) is 20.1. The van der Waals surface area contributed by atoms with Crippen molar-refractivity contribution in [2.45, 2.75) is 20.5 Å². The summed E-state index contributed by atoms with van der Waals surface area (Å²) < 4.78 is 8.46. The van der Waals surface area contributed by atoms with Crippen LogP contribution in [0.1, 0.15) is 16.7 Å². The topological polar surface area (TPSA) is 66.3 Å². The maximum atomic E-state index is 12.3. The maximum Gasteiger partial charge on any atom is 0.368 e. The fraction of sp³-hybridized carbons (Fsp3) is 0.167. The number of aryl methyl sites for hydroxylation is 3. The highest BCUT2D eigenvalue weighted by Gasteiger charge is 2.14. The van der Waals surface area contributed by atoms with E-state index < -0.39 is 0 Å². The van der Waals surface area contributed by atoms with Crippen molar-refractivity contribution in [2.75, 3.05) is 0 Å². The average Bonchev–Trinajstić information content (AvgIpc) is 3.11. The van der Waals surface area contributed by atoms with Crippen LogP contribution in [-0.4, -0.2) is 19.8 Å². The first-order valence-electron chi connectivity index (χ1n) is 9.77. The van der Waals surface area contributed by atoms with Crippen LogP contribution in [0.4, 0.5) is 5.69 Å². The van der Waals surface area contributed by atoms with Crippen LogP contribution in [0.15, 0.2) is 65.5 Å². The van der Waals surface area contributed by atoms with E-state index in [9.17, 15) is 4.79 Å². The van der Waals surface area contributed by atoms with Gasteiger partial charge in [0.1, 0.15) is 12.4 Å². The maximum absolute atomic E-state index is 12.3. The fourth-order valence-corrected chi connectivity index (χ4v) is 3.36. The third-order valence-electron chi connectivity index (χ3n) is 5.17. The van der Waals surface area contributed by atoms with Crippen molar-refractivity contribution in [1.29, 1.82) is 0 Å². The molecule has 0 amide bonds. The average molecular weight is 411 g/mol. The summed E-state index contributed by atoms with van der Waals surface area (Å²) >= 11 is 0. The molecule has 0 bridgehead atoms. The van der Waals surface area contributed by atoms with Gasteiger partial charge in [-0.25, -0.2) is 9.64 Å². The lowest BCUT2D eigenvalue weighted by Crippen LogP contribution is -2.23. The molecular formula is C24H21N5O2. The lowest BCUT2D eigenvalue weighted by molar-refractivity contribution is 0.305. The molecule has 4 aromatic rings. The number of ether oxygens (including phenoxy) is 1. The summed E-state index contributed by atoms with van der Waals surface area (Å²) in [6.45, 7) is 11.8. The van der Waals surface area contributed by atoms with Crippen molar-refractivity contribution in [3.63, 3.8) is 0 Å². The van der Waals surface area contributed by atoms with Crippen LogP contribution in [0.5, 0.6) is 5.75 Å². The number of aromatic nitrogens is 4. The minimum absolute atomic E-state index is 0.229. The van der Waals surface area contributed by atoms with Gasteiger partial charge >= 0.3 is 5.69 Å². The molecule has 0 saturated heterocycles. The molecule has 154 valence electrons. The summed E-state index contributed by atoms with van der Waals surface area (Å²) in [5.74, 6) is 0.586. The van der Waals surface area contributed by atoms with Crippen molar-refractivity contribution in [3.8, 4) is 22.6 Å². The molecule has 4 rings (SSSR count). The lowest BCUT2D eigenvalue weighted by Gasteiger charge is -2.14. The van der Waals surface area contributed by atoms with E-state index in [1.807, 2.05) is 68.4 Å². The summed E-state index contributed by atoms with van der Waals surface area (Å²) in [6.07, 6.45) is 0. The van der Waals surface area contributed by atoms with Gasteiger partial charge in [-0.1, -0.05) is 48.0 Å². The van der Waals surface area contributed by atoms with Gasteiger partial charge in [-0.2, -0.15) is 9.36 Å². The third-order valence-corrected chi connectivity index (χ3v) is 5.17. The zero-order valence-electron chi connectivity index (χ0n) is 17.5. The van der Waals surface area contributed by atoms with Gasteiger partial charge in [-0.05, 0) is 59.2 Å². The molecule has 7 nitrogen and oxygen atoms in total. The number of rotatable bonds is 5. The Hall–Kier alpha value is -4.18. The highest BCUT2D eigenvalue weighted by atomic mass is 16.5. The van der Waals surface area contributed by atoms with Gasteiger partial charge in [0.15, 0.2) is 5.69 Å². The standard InChI is InChI=1S/C24H21N5O2/c1-16-8-10-18(11-9-16)20-13-12-19(14-22(20)25-3)31-15-21-17(2)6-5-7-23(21)29-24(30)28(4)26-27-29/h5-14H,15H2,1-2,4H3. The smallest absolute Gasteiger partial charge is 0.368 e. The monoisotopic (exact) mass is 411 g/mol. The Morgan fingerprint density at radius 1 is 1.03 bits per heavy atom. The van der Waals surface area contributed by atoms with Crippen LogP contribution in [0, 0.1) is 20.4 Å². The Labute approximate surface area is 179 Å². The Morgan fingerprint density at radius 2 is 1.81 bits per heavy atom. The predicted molar refractivity (Wildman–Crippen MR) is 119 cm³/mol. The minimum atomic E-state index is -0.329. The molecule has 0 aliphatic carbocycles. The van der Waals surface area contributed by atoms with Crippen molar-refractivity contribution in [3.05, 3.63) is 99.3 Å². The van der Waals surface area contributed by atoms with E-state index in [1.165, 1.54) is 14.9 Å². The van der Waals surface area contributed by atoms with Gasteiger partial charge in [-0.15, -0.1) is 0 Å². The minimum Gasteiger partial charge on any atom is -0.490 e. The molecule has 0 spiro atoms. The van der Waals surface area contributed by atoms with Crippen LogP contribution in [0.25, 0.3) is 21.7 Å². The van der Waals surface area contributed by atoms with Crippen molar-refractivity contribution >= 4 is 5.69 Å². The van der Waals surface area contributed by atoms with Crippen molar-refractivity contribution < 1.29 is 4.74 Å². The molecular weight excluding hydrogens is 390 g/mol. The Bertz CT molecular complexity index is 1340. The normalized spacial score (nSPS) is 10.6. The van der Waals surface area contributed by atoms with E-state index in [2.05, 4.69) is 15.3 Å². The van der Waals surface area contributed by atoms with Crippen LogP contribution >= 0.6 is 0 Å². The van der Waals surface area contributed by atoms with Crippen LogP contribution in [0.3, 0.4) is 0 Å². The summed E-state index contributed by atoms with van der Waals surface area (Å²) in [7, 11) is 1.55. The van der Waals surface area contributed by atoms with E-state index in [4.69, 9.17) is 11.3 Å². The highest BCUT2D eigenvalue weighted by Crippen LogP contribution is 2.34. The summed E-state index contributed by atoms with van der Waals surface area (Å²) in [5, 5.41) is 7.73. The fourth-order valence-electron chi connectivity index (χ4n) is 3.36. The van der Waals surface area contributed by atoms with Gasteiger partial charge < -0.3 is 4.74 Å². The second kappa shape index (κ2) is 8.28. The van der Waals surface area contributed by atoms with Crippen LogP contribution < -0.4 is 10.4 Å². The lowest BCUT2D eigenvalue weighted by atomic mass is 10.0. The molecule has 0 radical (unpaired) electrons. The number of nitrogens with zero attached hydrogens (tertiary/aromatic N) is 5.